The SMILES string of the molecule is Cc1ccc([C@@]2(O)CC[C@@H]3CN(Cc4cc(Cl)c5c(c4)OCO5)C[C@@H]32)nc1.O=C(O)CC(O)(CC(=O)O)C(=O)O. The second-order valence-corrected chi connectivity index (χ2v) is 10.9. The Labute approximate surface area is 234 Å². The minimum Gasteiger partial charge on any atom is -0.481 e. The summed E-state index contributed by atoms with van der Waals surface area (Å²) in [5.41, 5.74) is -0.517. The first-order valence-electron chi connectivity index (χ1n) is 12.7. The Hall–Kier alpha value is -3.45. The van der Waals surface area contributed by atoms with Gasteiger partial charge in [0.15, 0.2) is 17.1 Å². The van der Waals surface area contributed by atoms with Crippen molar-refractivity contribution in [2.75, 3.05) is 19.9 Å². The normalized spacial score (nSPS) is 23.3. The largest absolute Gasteiger partial charge is 0.481 e. The van der Waals surface area contributed by atoms with Gasteiger partial charge >= 0.3 is 17.9 Å². The van der Waals surface area contributed by atoms with Gasteiger partial charge < -0.3 is 35.0 Å². The number of aryl methyl sites for hydroxylation is 1. The molecular weight excluding hydrogens is 548 g/mol. The molecule has 12 nitrogen and oxygen atoms in total. The van der Waals surface area contributed by atoms with Crippen molar-refractivity contribution in [3.63, 3.8) is 0 Å². The van der Waals surface area contributed by atoms with Crippen LogP contribution in [-0.2, 0) is 26.5 Å². The fourth-order valence-corrected chi connectivity index (χ4v) is 5.93. The van der Waals surface area contributed by atoms with Gasteiger partial charge in [0.05, 0.1) is 23.6 Å². The number of carboxylic acids is 3. The lowest BCUT2D eigenvalue weighted by Crippen LogP contribution is -2.42. The van der Waals surface area contributed by atoms with Crippen LogP contribution in [-0.4, -0.2) is 78.8 Å². The molecule has 1 saturated heterocycles. The molecule has 40 heavy (non-hydrogen) atoms. The molecule has 0 amide bonds. The average Bonchev–Trinajstić information content (AvgIpc) is 3.56. The second kappa shape index (κ2) is 11.6. The van der Waals surface area contributed by atoms with Crippen molar-refractivity contribution in [1.29, 1.82) is 0 Å². The van der Waals surface area contributed by atoms with Gasteiger partial charge in [-0.3, -0.25) is 19.5 Å². The zero-order valence-electron chi connectivity index (χ0n) is 21.7. The molecule has 13 heteroatoms. The minimum atomic E-state index is -2.74. The third kappa shape index (κ3) is 6.30. The predicted octanol–water partition coefficient (Wildman–Crippen LogP) is 2.25. The van der Waals surface area contributed by atoms with Crippen LogP contribution in [0.25, 0.3) is 0 Å². The first-order chi connectivity index (χ1) is 18.8. The Bertz CT molecular complexity index is 1270. The van der Waals surface area contributed by atoms with E-state index in [4.69, 9.17) is 41.5 Å². The number of pyridine rings is 1. The number of aliphatic carboxylic acids is 3. The van der Waals surface area contributed by atoms with E-state index in [-0.39, 0.29) is 12.7 Å². The molecule has 0 bridgehead atoms. The second-order valence-electron chi connectivity index (χ2n) is 10.5. The maximum absolute atomic E-state index is 11.4. The number of hydrogen-bond donors (Lipinski definition) is 5. The maximum Gasteiger partial charge on any atom is 0.336 e. The Balaban J connectivity index is 0.000000243. The zero-order valence-corrected chi connectivity index (χ0v) is 22.5. The van der Waals surface area contributed by atoms with Crippen LogP contribution in [0.2, 0.25) is 5.02 Å². The Morgan fingerprint density at radius 1 is 1.12 bits per heavy atom. The summed E-state index contributed by atoms with van der Waals surface area (Å²) in [6, 6.07) is 7.99. The summed E-state index contributed by atoms with van der Waals surface area (Å²) in [4.78, 5) is 37.4. The summed E-state index contributed by atoms with van der Waals surface area (Å²) in [6.07, 6.45) is 1.39. The average molecular weight is 579 g/mol. The summed E-state index contributed by atoms with van der Waals surface area (Å²) in [6.45, 7) is 4.89. The quantitative estimate of drug-likeness (QED) is 0.308. The van der Waals surface area contributed by atoms with Crippen LogP contribution in [0.5, 0.6) is 11.5 Å². The molecule has 2 fully saturated rings. The van der Waals surface area contributed by atoms with E-state index in [2.05, 4.69) is 9.88 Å². The third-order valence-corrected chi connectivity index (χ3v) is 7.84. The van der Waals surface area contributed by atoms with Crippen LogP contribution in [0.3, 0.4) is 0 Å². The van der Waals surface area contributed by atoms with Crippen LogP contribution >= 0.6 is 11.6 Å². The minimum absolute atomic E-state index is 0.220. The van der Waals surface area contributed by atoms with Crippen LogP contribution in [0.15, 0.2) is 30.5 Å². The molecule has 3 atom stereocenters. The summed E-state index contributed by atoms with van der Waals surface area (Å²) < 4.78 is 10.9. The van der Waals surface area contributed by atoms with E-state index >= 15 is 0 Å². The van der Waals surface area contributed by atoms with Crippen LogP contribution in [0.1, 0.15) is 42.5 Å². The number of likely N-dealkylation sites (tertiary alicyclic amines) is 1. The van der Waals surface area contributed by atoms with Gasteiger partial charge in [0.2, 0.25) is 6.79 Å². The highest BCUT2D eigenvalue weighted by Gasteiger charge is 2.53. The van der Waals surface area contributed by atoms with Crippen molar-refractivity contribution in [3.8, 4) is 11.5 Å². The van der Waals surface area contributed by atoms with Gasteiger partial charge in [0, 0.05) is 31.7 Å². The zero-order chi connectivity index (χ0) is 29.2. The molecule has 1 saturated carbocycles. The van der Waals surface area contributed by atoms with E-state index in [9.17, 15) is 19.5 Å². The molecule has 3 heterocycles. The highest BCUT2D eigenvalue weighted by molar-refractivity contribution is 6.32. The monoisotopic (exact) mass is 578 g/mol. The van der Waals surface area contributed by atoms with Crippen LogP contribution in [0, 0.1) is 18.8 Å². The number of hydrogen-bond acceptors (Lipinski definition) is 9. The van der Waals surface area contributed by atoms with Crippen molar-refractivity contribution in [3.05, 3.63) is 52.3 Å². The van der Waals surface area contributed by atoms with E-state index in [0.717, 1.165) is 55.0 Å². The molecule has 5 N–H and O–H groups in total. The van der Waals surface area contributed by atoms with E-state index in [1.807, 2.05) is 37.4 Å². The molecular formula is C27H31ClN2O10. The van der Waals surface area contributed by atoms with Crippen molar-refractivity contribution >= 4 is 29.5 Å². The Morgan fingerprint density at radius 3 is 2.42 bits per heavy atom. The number of fused-ring (bicyclic) bond motifs is 2. The lowest BCUT2D eigenvalue weighted by Gasteiger charge is -2.30. The van der Waals surface area contributed by atoms with Crippen LogP contribution < -0.4 is 9.47 Å². The van der Waals surface area contributed by atoms with Gasteiger partial charge in [-0.1, -0.05) is 17.7 Å². The number of aromatic nitrogens is 1. The maximum atomic E-state index is 11.4. The van der Waals surface area contributed by atoms with E-state index in [1.165, 1.54) is 0 Å². The lowest BCUT2D eigenvalue weighted by molar-refractivity contribution is -0.170. The number of aliphatic hydroxyl groups is 2. The highest BCUT2D eigenvalue weighted by atomic mass is 35.5. The summed E-state index contributed by atoms with van der Waals surface area (Å²) in [7, 11) is 0. The first kappa shape index (κ1) is 29.5. The summed E-state index contributed by atoms with van der Waals surface area (Å²) >= 11 is 6.32. The van der Waals surface area contributed by atoms with Crippen molar-refractivity contribution in [2.24, 2.45) is 11.8 Å². The Morgan fingerprint density at radius 2 is 1.82 bits per heavy atom. The van der Waals surface area contributed by atoms with Crippen molar-refractivity contribution in [2.45, 2.75) is 50.4 Å². The Kier molecular flexibility index (Phi) is 8.55. The third-order valence-electron chi connectivity index (χ3n) is 7.56. The van der Waals surface area contributed by atoms with Gasteiger partial charge in [0.1, 0.15) is 5.60 Å². The fraction of sp³-hybridized carbons (Fsp3) is 0.481. The predicted molar refractivity (Wildman–Crippen MR) is 139 cm³/mol. The summed E-state index contributed by atoms with van der Waals surface area (Å²) in [5, 5.41) is 45.8. The van der Waals surface area contributed by atoms with E-state index in [1.54, 1.807) is 0 Å². The topological polar surface area (TPSA) is 187 Å². The number of halogens is 1. The molecule has 2 aliphatic heterocycles. The van der Waals surface area contributed by atoms with E-state index < -0.39 is 42.0 Å². The molecule has 3 aliphatic rings. The molecule has 216 valence electrons. The molecule has 5 rings (SSSR count). The number of ether oxygens (including phenoxy) is 2. The van der Waals surface area contributed by atoms with Gasteiger partial charge in [-0.2, -0.15) is 0 Å². The summed E-state index contributed by atoms with van der Waals surface area (Å²) in [5.74, 6) is -2.94. The van der Waals surface area contributed by atoms with Gasteiger partial charge in [-0.15, -0.1) is 0 Å². The van der Waals surface area contributed by atoms with Gasteiger partial charge in [0.25, 0.3) is 0 Å². The number of benzene rings is 1. The van der Waals surface area contributed by atoms with Crippen molar-refractivity contribution in [1.82, 2.24) is 9.88 Å². The number of carbonyl (C=O) groups is 3. The highest BCUT2D eigenvalue weighted by Crippen LogP contribution is 2.50. The number of carboxylic acid groups (broad SMARTS) is 3. The standard InChI is InChI=1S/C21H23ClN2O3.C6H8O7/c1-13-2-3-19(23-8-13)21(25)5-4-15-10-24(11-16(15)21)9-14-6-17(22)20-18(7-14)26-12-27-20;7-3(8)1-6(13,5(11)12)2-4(9)10/h2-3,6-8,15-16,25H,4-5,9-12H2,1H3;13H,1-2H2,(H,7,8)(H,9,10)(H,11,12)/t15-,16+,21-;/m1./s1. The first-order valence-corrected chi connectivity index (χ1v) is 13.0. The number of rotatable bonds is 8. The molecule has 0 unspecified atom stereocenters. The molecule has 1 aliphatic carbocycles. The molecule has 0 radical (unpaired) electrons. The van der Waals surface area contributed by atoms with E-state index in [0.29, 0.717) is 16.7 Å². The molecule has 0 spiro atoms. The molecule has 1 aromatic heterocycles. The van der Waals surface area contributed by atoms with Crippen LogP contribution in [0.4, 0.5) is 0 Å². The van der Waals surface area contributed by atoms with Gasteiger partial charge in [-0.05, 0) is 55.0 Å². The fourth-order valence-electron chi connectivity index (χ4n) is 5.64. The molecule has 1 aromatic carbocycles. The lowest BCUT2D eigenvalue weighted by atomic mass is 9.85. The smallest absolute Gasteiger partial charge is 0.336 e. The van der Waals surface area contributed by atoms with Gasteiger partial charge in [-0.25, -0.2) is 4.79 Å². The number of nitrogens with zero attached hydrogens (tertiary/aromatic N) is 2. The molecule has 2 aromatic rings. The van der Waals surface area contributed by atoms with Crippen molar-refractivity contribution < 1.29 is 49.4 Å².